The zero-order chi connectivity index (χ0) is 21.3. The van der Waals surface area contributed by atoms with Crippen LogP contribution in [0.5, 0.6) is 0 Å². The average molecular weight is 425 g/mol. The summed E-state index contributed by atoms with van der Waals surface area (Å²) in [5.41, 5.74) is 1.07. The van der Waals surface area contributed by atoms with Crippen LogP contribution in [0, 0.1) is 0 Å². The predicted octanol–water partition coefficient (Wildman–Crippen LogP) is 1.04. The number of benzene rings is 1. The SMILES string of the molecule is O=C(CCCn1nnnc1CN1CCOCC1)NC(Cn1ccnc1)c1ccccc1. The number of tetrazole rings is 1. The maximum Gasteiger partial charge on any atom is 0.220 e. The Hall–Kier alpha value is -3.11. The quantitative estimate of drug-likeness (QED) is 0.519. The summed E-state index contributed by atoms with van der Waals surface area (Å²) in [5.74, 6) is 0.835. The maximum atomic E-state index is 12.7. The number of amides is 1. The maximum absolute atomic E-state index is 12.7. The second-order valence-corrected chi connectivity index (χ2v) is 7.60. The molecule has 1 aliphatic heterocycles. The van der Waals surface area contributed by atoms with E-state index < -0.39 is 0 Å². The molecule has 1 aliphatic rings. The number of aryl methyl sites for hydroxylation is 1. The third kappa shape index (κ3) is 6.19. The van der Waals surface area contributed by atoms with E-state index in [0.717, 1.165) is 37.7 Å². The first-order valence-electron chi connectivity index (χ1n) is 10.6. The van der Waals surface area contributed by atoms with Crippen LogP contribution in [0.15, 0.2) is 49.1 Å². The molecular weight excluding hydrogens is 396 g/mol. The van der Waals surface area contributed by atoms with Gasteiger partial charge in [0.2, 0.25) is 5.91 Å². The molecule has 0 spiro atoms. The summed E-state index contributed by atoms with van der Waals surface area (Å²) < 4.78 is 9.15. The molecule has 3 aromatic rings. The number of imidazole rings is 1. The monoisotopic (exact) mass is 424 g/mol. The summed E-state index contributed by atoms with van der Waals surface area (Å²) in [4.78, 5) is 19.0. The molecule has 0 bridgehead atoms. The minimum absolute atomic E-state index is 0.0109. The molecule has 1 fully saturated rings. The van der Waals surface area contributed by atoms with Crippen molar-refractivity contribution in [3.63, 3.8) is 0 Å². The fourth-order valence-corrected chi connectivity index (χ4v) is 3.65. The molecule has 3 heterocycles. The Balaban J connectivity index is 1.28. The second-order valence-electron chi connectivity index (χ2n) is 7.60. The van der Waals surface area contributed by atoms with Gasteiger partial charge in [-0.3, -0.25) is 9.69 Å². The predicted molar refractivity (Wildman–Crippen MR) is 113 cm³/mol. The van der Waals surface area contributed by atoms with E-state index >= 15 is 0 Å². The van der Waals surface area contributed by atoms with Gasteiger partial charge in [-0.15, -0.1) is 5.10 Å². The Labute approximate surface area is 181 Å². The Morgan fingerprint density at radius 3 is 2.81 bits per heavy atom. The number of rotatable bonds is 10. The number of morpholine rings is 1. The van der Waals surface area contributed by atoms with E-state index in [0.29, 0.717) is 32.5 Å². The van der Waals surface area contributed by atoms with Gasteiger partial charge in [0.1, 0.15) is 0 Å². The first-order chi connectivity index (χ1) is 15.3. The van der Waals surface area contributed by atoms with Crippen molar-refractivity contribution in [2.24, 2.45) is 0 Å². The normalized spacial score (nSPS) is 15.6. The zero-order valence-corrected chi connectivity index (χ0v) is 17.5. The molecule has 1 saturated heterocycles. The summed E-state index contributed by atoms with van der Waals surface area (Å²) in [5, 5.41) is 15.2. The molecule has 1 amide bonds. The molecule has 10 heteroatoms. The van der Waals surface area contributed by atoms with Gasteiger partial charge in [-0.25, -0.2) is 9.67 Å². The largest absolute Gasteiger partial charge is 0.379 e. The minimum atomic E-state index is -0.118. The van der Waals surface area contributed by atoms with Crippen LogP contribution in [-0.2, 0) is 29.2 Å². The van der Waals surface area contributed by atoms with Gasteiger partial charge >= 0.3 is 0 Å². The molecular formula is C21H28N8O2. The van der Waals surface area contributed by atoms with Gasteiger partial charge in [-0.2, -0.15) is 0 Å². The highest BCUT2D eigenvalue weighted by molar-refractivity contribution is 5.76. The fourth-order valence-electron chi connectivity index (χ4n) is 3.65. The lowest BCUT2D eigenvalue weighted by atomic mass is 10.1. The van der Waals surface area contributed by atoms with Crippen molar-refractivity contribution in [1.29, 1.82) is 0 Å². The Morgan fingerprint density at radius 1 is 1.19 bits per heavy atom. The lowest BCUT2D eigenvalue weighted by molar-refractivity contribution is -0.122. The first kappa shape index (κ1) is 21.1. The van der Waals surface area contributed by atoms with Crippen LogP contribution in [0.3, 0.4) is 0 Å². The number of nitrogens with zero attached hydrogens (tertiary/aromatic N) is 7. The van der Waals surface area contributed by atoms with Crippen molar-refractivity contribution >= 4 is 5.91 Å². The van der Waals surface area contributed by atoms with Crippen molar-refractivity contribution in [3.8, 4) is 0 Å². The summed E-state index contributed by atoms with van der Waals surface area (Å²) in [6.45, 7) is 5.18. The van der Waals surface area contributed by atoms with Gasteiger partial charge in [0.25, 0.3) is 0 Å². The average Bonchev–Trinajstić information content (AvgIpc) is 3.47. The number of ether oxygens (including phenoxy) is 1. The van der Waals surface area contributed by atoms with Gasteiger partial charge in [-0.05, 0) is 22.4 Å². The van der Waals surface area contributed by atoms with Crippen molar-refractivity contribution < 1.29 is 9.53 Å². The van der Waals surface area contributed by atoms with Crippen LogP contribution in [0.4, 0.5) is 0 Å². The smallest absolute Gasteiger partial charge is 0.220 e. The Bertz CT molecular complexity index is 922. The standard InChI is InChI=1S/C21H28N8O2/c30-21(23-19(15-28-10-8-22-17-28)18-5-2-1-3-6-18)7-4-9-29-20(24-25-26-29)16-27-11-13-31-14-12-27/h1-3,5-6,8,10,17,19H,4,7,9,11-16H2,(H,23,30). The van der Waals surface area contributed by atoms with Crippen LogP contribution < -0.4 is 5.32 Å². The van der Waals surface area contributed by atoms with E-state index in [1.54, 1.807) is 17.2 Å². The topological polar surface area (TPSA) is 103 Å². The Morgan fingerprint density at radius 2 is 2.03 bits per heavy atom. The molecule has 4 rings (SSSR count). The van der Waals surface area contributed by atoms with Gasteiger partial charge < -0.3 is 14.6 Å². The molecule has 10 nitrogen and oxygen atoms in total. The third-order valence-electron chi connectivity index (χ3n) is 5.34. The van der Waals surface area contributed by atoms with Crippen LogP contribution in [0.25, 0.3) is 0 Å². The lowest BCUT2D eigenvalue weighted by Gasteiger charge is -2.25. The molecule has 0 radical (unpaired) electrons. The van der Waals surface area contributed by atoms with E-state index in [1.807, 2.05) is 41.1 Å². The van der Waals surface area contributed by atoms with Crippen LogP contribution in [0.1, 0.15) is 30.3 Å². The third-order valence-corrected chi connectivity index (χ3v) is 5.34. The van der Waals surface area contributed by atoms with E-state index in [1.165, 1.54) is 0 Å². The zero-order valence-electron chi connectivity index (χ0n) is 17.5. The Kier molecular flexibility index (Phi) is 7.35. The number of nitrogens with one attached hydrogen (secondary N) is 1. The number of carbonyl (C=O) groups is 1. The number of carbonyl (C=O) groups excluding carboxylic acids is 1. The van der Waals surface area contributed by atoms with Crippen molar-refractivity contribution in [1.82, 2.24) is 40.0 Å². The first-order valence-corrected chi connectivity index (χ1v) is 10.6. The minimum Gasteiger partial charge on any atom is -0.379 e. The van der Waals surface area contributed by atoms with Crippen LogP contribution in [-0.4, -0.2) is 66.9 Å². The van der Waals surface area contributed by atoms with Crippen LogP contribution in [0.2, 0.25) is 0 Å². The van der Waals surface area contributed by atoms with E-state index in [-0.39, 0.29) is 11.9 Å². The molecule has 31 heavy (non-hydrogen) atoms. The van der Waals surface area contributed by atoms with E-state index in [2.05, 4.69) is 30.7 Å². The van der Waals surface area contributed by atoms with Gasteiger partial charge in [0.15, 0.2) is 5.82 Å². The van der Waals surface area contributed by atoms with Gasteiger partial charge in [0, 0.05) is 45.0 Å². The summed E-state index contributed by atoms with van der Waals surface area (Å²) in [7, 11) is 0. The van der Waals surface area contributed by atoms with Gasteiger partial charge in [0.05, 0.1) is 32.1 Å². The molecule has 0 saturated carbocycles. The van der Waals surface area contributed by atoms with Gasteiger partial charge in [-0.1, -0.05) is 30.3 Å². The molecule has 1 N–H and O–H groups in total. The molecule has 1 atom stereocenters. The van der Waals surface area contributed by atoms with E-state index in [4.69, 9.17) is 4.74 Å². The number of aromatic nitrogens is 6. The number of hydrogen-bond donors (Lipinski definition) is 1. The molecule has 1 aromatic carbocycles. The lowest BCUT2D eigenvalue weighted by Crippen LogP contribution is -2.36. The summed E-state index contributed by atoms with van der Waals surface area (Å²) in [6.07, 6.45) is 6.47. The molecule has 0 aliphatic carbocycles. The summed E-state index contributed by atoms with van der Waals surface area (Å²) in [6, 6.07) is 9.88. The molecule has 2 aromatic heterocycles. The van der Waals surface area contributed by atoms with Crippen molar-refractivity contribution in [3.05, 3.63) is 60.4 Å². The molecule has 164 valence electrons. The van der Waals surface area contributed by atoms with E-state index in [9.17, 15) is 4.79 Å². The number of hydrogen-bond acceptors (Lipinski definition) is 7. The van der Waals surface area contributed by atoms with Crippen LogP contribution >= 0.6 is 0 Å². The molecule has 1 unspecified atom stereocenters. The highest BCUT2D eigenvalue weighted by Crippen LogP contribution is 2.15. The van der Waals surface area contributed by atoms with Crippen molar-refractivity contribution in [2.75, 3.05) is 26.3 Å². The highest BCUT2D eigenvalue weighted by Gasteiger charge is 2.17. The second kappa shape index (κ2) is 10.8. The summed E-state index contributed by atoms with van der Waals surface area (Å²) >= 11 is 0. The van der Waals surface area contributed by atoms with Crippen molar-refractivity contribution in [2.45, 2.75) is 38.5 Å². The fraction of sp³-hybridized carbons (Fsp3) is 0.476. The highest BCUT2D eigenvalue weighted by atomic mass is 16.5.